The van der Waals surface area contributed by atoms with Crippen LogP contribution in [0.15, 0.2) is 0 Å². The first-order valence-electron chi connectivity index (χ1n) is 12.9. The highest BCUT2D eigenvalue weighted by atomic mass is 16.5. The fourth-order valence-corrected chi connectivity index (χ4v) is 5.48. The van der Waals surface area contributed by atoms with Crippen molar-refractivity contribution in [2.45, 2.75) is 58.4 Å². The lowest BCUT2D eigenvalue weighted by Crippen LogP contribution is -2.45. The first kappa shape index (κ1) is 25.5. The quantitative estimate of drug-likeness (QED) is 0.483. The average Bonchev–Trinajstić information content (AvgIpc) is 3.15. The zero-order chi connectivity index (χ0) is 25.0. The molecule has 1 aromatic rings. The lowest BCUT2D eigenvalue weighted by Gasteiger charge is -2.36. The maximum Gasteiger partial charge on any atom is 0.319 e. The van der Waals surface area contributed by atoms with Gasteiger partial charge in [0.15, 0.2) is 0 Å². The molecule has 194 valence electrons. The summed E-state index contributed by atoms with van der Waals surface area (Å²) in [5, 5.41) is 7.90. The van der Waals surface area contributed by atoms with Crippen molar-refractivity contribution in [1.82, 2.24) is 24.9 Å². The van der Waals surface area contributed by atoms with Gasteiger partial charge in [0.1, 0.15) is 5.69 Å². The predicted octanol–water partition coefficient (Wildman–Crippen LogP) is 1.86. The van der Waals surface area contributed by atoms with Crippen molar-refractivity contribution >= 4 is 17.9 Å². The van der Waals surface area contributed by atoms with Gasteiger partial charge in [-0.05, 0) is 57.3 Å². The summed E-state index contributed by atoms with van der Waals surface area (Å²) in [5.41, 5.74) is 2.69. The number of hydrogen-bond donors (Lipinski definition) is 1. The Balaban J connectivity index is 1.32. The van der Waals surface area contributed by atoms with Crippen LogP contribution in [0.5, 0.6) is 0 Å². The van der Waals surface area contributed by atoms with Gasteiger partial charge in [0.05, 0.1) is 18.2 Å². The van der Waals surface area contributed by atoms with E-state index in [1.165, 1.54) is 0 Å². The third kappa shape index (κ3) is 5.63. The highest BCUT2D eigenvalue weighted by molar-refractivity contribution is 5.94. The number of aromatic nitrogens is 2. The topological polar surface area (TPSA) is 106 Å². The van der Waals surface area contributed by atoms with Crippen LogP contribution >= 0.6 is 0 Å². The van der Waals surface area contributed by atoms with Crippen LogP contribution in [-0.2, 0) is 33.7 Å². The molecule has 0 aromatic carbocycles. The summed E-state index contributed by atoms with van der Waals surface area (Å²) in [7, 11) is 3.47. The number of hydrogen-bond acceptors (Lipinski definition) is 6. The number of piperidine rings is 1. The Morgan fingerprint density at radius 3 is 2.60 bits per heavy atom. The third-order valence-electron chi connectivity index (χ3n) is 7.66. The lowest BCUT2D eigenvalue weighted by molar-refractivity contribution is -0.150. The number of likely N-dealkylation sites (tertiary alicyclic amines) is 1. The van der Waals surface area contributed by atoms with E-state index in [4.69, 9.17) is 14.6 Å². The molecule has 4 rings (SSSR count). The molecule has 3 aliphatic rings. The van der Waals surface area contributed by atoms with Crippen LogP contribution in [0, 0.1) is 11.3 Å². The molecule has 2 saturated heterocycles. The maximum absolute atomic E-state index is 12.9. The summed E-state index contributed by atoms with van der Waals surface area (Å²) in [6.45, 7) is 6.23. The van der Waals surface area contributed by atoms with Gasteiger partial charge in [-0.2, -0.15) is 5.10 Å². The number of nitrogens with zero attached hydrogens (tertiary/aromatic N) is 4. The number of amides is 3. The van der Waals surface area contributed by atoms with E-state index >= 15 is 0 Å². The molecule has 1 aromatic heterocycles. The molecule has 10 nitrogen and oxygen atoms in total. The first-order chi connectivity index (χ1) is 16.8. The number of ether oxygens (including phenoxy) is 2. The Kier molecular flexibility index (Phi) is 7.98. The molecule has 0 unspecified atom stereocenters. The zero-order valence-corrected chi connectivity index (χ0v) is 21.3. The minimum Gasteiger partial charge on any atom is -0.465 e. The van der Waals surface area contributed by atoms with Crippen LogP contribution in [0.1, 0.15) is 60.8 Å². The van der Waals surface area contributed by atoms with E-state index in [-0.39, 0.29) is 29.2 Å². The molecule has 0 radical (unpaired) electrons. The molecule has 4 heterocycles. The summed E-state index contributed by atoms with van der Waals surface area (Å²) in [5.74, 6) is -0.385. The summed E-state index contributed by atoms with van der Waals surface area (Å²) in [4.78, 5) is 40.9. The van der Waals surface area contributed by atoms with Gasteiger partial charge in [-0.25, -0.2) is 4.79 Å². The molecule has 0 atom stereocenters. The van der Waals surface area contributed by atoms with E-state index < -0.39 is 0 Å². The number of urea groups is 1. The smallest absolute Gasteiger partial charge is 0.319 e. The van der Waals surface area contributed by atoms with Crippen molar-refractivity contribution in [2.75, 3.05) is 53.6 Å². The molecule has 3 aliphatic heterocycles. The standard InChI is InChI=1S/C25H39N5O5/c1-4-30-21-19(16-25(17-26-22(21)31)9-14-34-15-10-25)20(27-30)6-5-13-35-23(32)18-7-11-29(12-8-18)24(33)28(2)3/h18H,4-17H2,1-3H3,(H,26,31). The van der Waals surface area contributed by atoms with Gasteiger partial charge in [0, 0.05) is 59.1 Å². The Morgan fingerprint density at radius 1 is 1.23 bits per heavy atom. The molecular weight excluding hydrogens is 450 g/mol. The Bertz CT molecular complexity index is 929. The van der Waals surface area contributed by atoms with Crippen LogP contribution in [0.25, 0.3) is 0 Å². The van der Waals surface area contributed by atoms with E-state index in [0.717, 1.165) is 43.7 Å². The lowest BCUT2D eigenvalue weighted by atomic mass is 9.75. The van der Waals surface area contributed by atoms with Crippen molar-refractivity contribution < 1.29 is 23.9 Å². The minimum absolute atomic E-state index is 0.0151. The predicted molar refractivity (Wildman–Crippen MR) is 129 cm³/mol. The normalized spacial score (nSPS) is 20.2. The third-order valence-corrected chi connectivity index (χ3v) is 7.66. The fraction of sp³-hybridized carbons (Fsp3) is 0.760. The zero-order valence-electron chi connectivity index (χ0n) is 21.3. The number of rotatable bonds is 6. The van der Waals surface area contributed by atoms with Gasteiger partial charge >= 0.3 is 12.0 Å². The number of carbonyl (C=O) groups is 3. The molecule has 35 heavy (non-hydrogen) atoms. The van der Waals surface area contributed by atoms with Crippen molar-refractivity contribution in [3.63, 3.8) is 0 Å². The van der Waals surface area contributed by atoms with E-state index in [2.05, 4.69) is 5.32 Å². The number of carbonyl (C=O) groups excluding carboxylic acids is 3. The Labute approximate surface area is 207 Å². The van der Waals surface area contributed by atoms with Gasteiger partial charge in [-0.3, -0.25) is 14.3 Å². The highest BCUT2D eigenvalue weighted by Gasteiger charge is 2.39. The van der Waals surface area contributed by atoms with Crippen LogP contribution in [0.4, 0.5) is 4.79 Å². The van der Waals surface area contributed by atoms with Crippen molar-refractivity contribution in [3.8, 4) is 0 Å². The molecule has 10 heteroatoms. The monoisotopic (exact) mass is 489 g/mol. The molecular formula is C25H39N5O5. The largest absolute Gasteiger partial charge is 0.465 e. The van der Waals surface area contributed by atoms with Gasteiger partial charge < -0.3 is 24.6 Å². The summed E-state index contributed by atoms with van der Waals surface area (Å²) in [6, 6.07) is -0.0151. The van der Waals surface area contributed by atoms with Crippen LogP contribution < -0.4 is 5.32 Å². The van der Waals surface area contributed by atoms with Gasteiger partial charge in [0.25, 0.3) is 5.91 Å². The van der Waals surface area contributed by atoms with E-state index in [1.807, 2.05) is 11.6 Å². The van der Waals surface area contributed by atoms with E-state index in [9.17, 15) is 14.4 Å². The first-order valence-corrected chi connectivity index (χ1v) is 12.9. The summed E-state index contributed by atoms with van der Waals surface area (Å²) in [6.07, 6.45) is 5.28. The van der Waals surface area contributed by atoms with Gasteiger partial charge in [0.2, 0.25) is 0 Å². The molecule has 2 fully saturated rings. The second-order valence-corrected chi connectivity index (χ2v) is 10.3. The minimum atomic E-state index is -0.180. The molecule has 3 amide bonds. The number of nitrogens with one attached hydrogen (secondary N) is 1. The average molecular weight is 490 g/mol. The van der Waals surface area contributed by atoms with Gasteiger partial charge in [-0.1, -0.05) is 0 Å². The van der Waals surface area contributed by atoms with Gasteiger partial charge in [-0.15, -0.1) is 0 Å². The van der Waals surface area contributed by atoms with Crippen LogP contribution in [0.3, 0.4) is 0 Å². The molecule has 1 N–H and O–H groups in total. The number of fused-ring (bicyclic) bond motifs is 1. The number of esters is 1. The van der Waals surface area contributed by atoms with Crippen LogP contribution in [-0.4, -0.2) is 91.0 Å². The Hall–Kier alpha value is -2.62. The van der Waals surface area contributed by atoms with Crippen molar-refractivity contribution in [2.24, 2.45) is 11.3 Å². The molecule has 1 spiro atoms. The SMILES string of the molecule is CCn1nc(CCCOC(=O)C2CCN(C(=O)N(C)C)CC2)c2c1C(=O)NCC1(CCOCC1)C2. The van der Waals surface area contributed by atoms with E-state index in [0.29, 0.717) is 64.2 Å². The molecule has 0 saturated carbocycles. The summed E-state index contributed by atoms with van der Waals surface area (Å²) < 4.78 is 13.0. The Morgan fingerprint density at radius 2 is 1.94 bits per heavy atom. The fourth-order valence-electron chi connectivity index (χ4n) is 5.48. The molecule has 0 aliphatic carbocycles. The second kappa shape index (κ2) is 11.0. The van der Waals surface area contributed by atoms with E-state index in [1.54, 1.807) is 23.9 Å². The number of aryl methyl sites for hydroxylation is 2. The summed E-state index contributed by atoms with van der Waals surface area (Å²) >= 11 is 0. The highest BCUT2D eigenvalue weighted by Crippen LogP contribution is 2.37. The van der Waals surface area contributed by atoms with Crippen molar-refractivity contribution in [1.29, 1.82) is 0 Å². The molecule has 0 bridgehead atoms. The van der Waals surface area contributed by atoms with Crippen LogP contribution in [0.2, 0.25) is 0 Å². The maximum atomic E-state index is 12.9. The second-order valence-electron chi connectivity index (χ2n) is 10.3. The van der Waals surface area contributed by atoms with Crippen molar-refractivity contribution in [3.05, 3.63) is 17.0 Å².